The lowest BCUT2D eigenvalue weighted by molar-refractivity contribution is -0.151. The summed E-state index contributed by atoms with van der Waals surface area (Å²) in [4.78, 5) is 23.0. The zero-order chi connectivity index (χ0) is 15.5. The van der Waals surface area contributed by atoms with E-state index in [-0.39, 0.29) is 30.9 Å². The van der Waals surface area contributed by atoms with Crippen molar-refractivity contribution < 1.29 is 19.1 Å². The SMILES string of the molecule is CCC(OC(=O)CCCC(=O)OCC=C(C)C)C(C)C. The van der Waals surface area contributed by atoms with E-state index >= 15 is 0 Å². The van der Waals surface area contributed by atoms with Crippen LogP contribution in [0.25, 0.3) is 0 Å². The van der Waals surface area contributed by atoms with Crippen molar-refractivity contribution in [3.63, 3.8) is 0 Å². The molecule has 0 rings (SSSR count). The molecule has 0 N–H and O–H groups in total. The van der Waals surface area contributed by atoms with Gasteiger partial charge in [0.25, 0.3) is 0 Å². The van der Waals surface area contributed by atoms with E-state index in [4.69, 9.17) is 9.47 Å². The molecule has 1 unspecified atom stereocenters. The monoisotopic (exact) mass is 284 g/mol. The Bertz CT molecular complexity index is 327. The van der Waals surface area contributed by atoms with Crippen molar-refractivity contribution in [3.8, 4) is 0 Å². The Labute approximate surface area is 122 Å². The van der Waals surface area contributed by atoms with Gasteiger partial charge in [0.05, 0.1) is 0 Å². The van der Waals surface area contributed by atoms with E-state index in [2.05, 4.69) is 0 Å². The Balaban J connectivity index is 3.80. The van der Waals surface area contributed by atoms with Crippen LogP contribution in [0.4, 0.5) is 0 Å². The van der Waals surface area contributed by atoms with Gasteiger partial charge in [0.15, 0.2) is 0 Å². The Hall–Kier alpha value is -1.32. The van der Waals surface area contributed by atoms with Crippen molar-refractivity contribution >= 4 is 11.9 Å². The van der Waals surface area contributed by atoms with Crippen LogP contribution in [0.5, 0.6) is 0 Å². The van der Waals surface area contributed by atoms with Gasteiger partial charge in [0.1, 0.15) is 12.7 Å². The summed E-state index contributed by atoms with van der Waals surface area (Å²) >= 11 is 0. The molecular formula is C16H28O4. The lowest BCUT2D eigenvalue weighted by atomic mass is 10.1. The average molecular weight is 284 g/mol. The third-order valence-electron chi connectivity index (χ3n) is 2.93. The van der Waals surface area contributed by atoms with E-state index in [0.29, 0.717) is 18.9 Å². The number of carbonyl (C=O) groups is 2. The molecule has 0 heterocycles. The molecule has 4 nitrogen and oxygen atoms in total. The topological polar surface area (TPSA) is 52.6 Å². The van der Waals surface area contributed by atoms with Gasteiger partial charge < -0.3 is 9.47 Å². The highest BCUT2D eigenvalue weighted by molar-refractivity contribution is 5.72. The van der Waals surface area contributed by atoms with Crippen LogP contribution in [0, 0.1) is 5.92 Å². The van der Waals surface area contributed by atoms with Crippen LogP contribution in [0.15, 0.2) is 11.6 Å². The van der Waals surface area contributed by atoms with Crippen LogP contribution in [0.3, 0.4) is 0 Å². The van der Waals surface area contributed by atoms with Gasteiger partial charge in [-0.1, -0.05) is 26.3 Å². The highest BCUT2D eigenvalue weighted by Gasteiger charge is 2.16. The van der Waals surface area contributed by atoms with Gasteiger partial charge in [-0.3, -0.25) is 9.59 Å². The minimum absolute atomic E-state index is 0.0351. The van der Waals surface area contributed by atoms with E-state index in [0.717, 1.165) is 12.0 Å². The fraction of sp³-hybridized carbons (Fsp3) is 0.750. The van der Waals surface area contributed by atoms with Gasteiger partial charge in [0.2, 0.25) is 0 Å². The van der Waals surface area contributed by atoms with Gasteiger partial charge in [-0.05, 0) is 38.7 Å². The van der Waals surface area contributed by atoms with Crippen molar-refractivity contribution in [2.24, 2.45) is 5.92 Å². The van der Waals surface area contributed by atoms with E-state index < -0.39 is 0 Å². The Morgan fingerprint density at radius 1 is 1.10 bits per heavy atom. The van der Waals surface area contributed by atoms with Gasteiger partial charge in [-0.15, -0.1) is 0 Å². The Morgan fingerprint density at radius 2 is 1.70 bits per heavy atom. The minimum atomic E-state index is -0.272. The minimum Gasteiger partial charge on any atom is -0.462 e. The van der Waals surface area contributed by atoms with Crippen molar-refractivity contribution in [1.29, 1.82) is 0 Å². The number of carbonyl (C=O) groups excluding carboxylic acids is 2. The maximum Gasteiger partial charge on any atom is 0.306 e. The van der Waals surface area contributed by atoms with Crippen LogP contribution in [-0.4, -0.2) is 24.6 Å². The second-order valence-electron chi connectivity index (χ2n) is 5.50. The summed E-state index contributed by atoms with van der Waals surface area (Å²) < 4.78 is 10.4. The Morgan fingerprint density at radius 3 is 2.20 bits per heavy atom. The van der Waals surface area contributed by atoms with E-state index in [1.807, 2.05) is 40.7 Å². The molecule has 20 heavy (non-hydrogen) atoms. The highest BCUT2D eigenvalue weighted by Crippen LogP contribution is 2.12. The van der Waals surface area contributed by atoms with Gasteiger partial charge in [-0.2, -0.15) is 0 Å². The van der Waals surface area contributed by atoms with Crippen molar-refractivity contribution in [2.75, 3.05) is 6.61 Å². The fourth-order valence-corrected chi connectivity index (χ4v) is 1.67. The molecule has 116 valence electrons. The van der Waals surface area contributed by atoms with Gasteiger partial charge in [0, 0.05) is 12.8 Å². The summed E-state index contributed by atoms with van der Waals surface area (Å²) in [6.07, 6.45) is 3.62. The first kappa shape index (κ1) is 18.7. The van der Waals surface area contributed by atoms with Crippen LogP contribution in [-0.2, 0) is 19.1 Å². The predicted molar refractivity (Wildman–Crippen MR) is 79.3 cm³/mol. The van der Waals surface area contributed by atoms with Crippen molar-refractivity contribution in [2.45, 2.75) is 66.4 Å². The lowest BCUT2D eigenvalue weighted by Gasteiger charge is -2.19. The molecule has 0 aliphatic rings. The number of hydrogen-bond acceptors (Lipinski definition) is 4. The maximum absolute atomic E-state index is 11.6. The lowest BCUT2D eigenvalue weighted by Crippen LogP contribution is -2.22. The summed E-state index contributed by atoms with van der Waals surface area (Å²) in [7, 11) is 0. The van der Waals surface area contributed by atoms with E-state index in [1.54, 1.807) is 0 Å². The second-order valence-corrected chi connectivity index (χ2v) is 5.50. The predicted octanol–water partition coefficient (Wildman–Crippen LogP) is 3.64. The molecule has 0 aromatic rings. The third kappa shape index (κ3) is 9.59. The zero-order valence-corrected chi connectivity index (χ0v) is 13.4. The molecule has 0 aliphatic carbocycles. The first-order chi connectivity index (χ1) is 9.36. The van der Waals surface area contributed by atoms with Gasteiger partial charge >= 0.3 is 11.9 Å². The molecule has 0 aromatic heterocycles. The standard InChI is InChI=1S/C16H28O4/c1-6-14(13(4)5)20-16(18)9-7-8-15(17)19-11-10-12(2)3/h10,13-14H,6-9,11H2,1-5H3. The first-order valence-corrected chi connectivity index (χ1v) is 7.35. The molecule has 0 saturated carbocycles. The maximum atomic E-state index is 11.6. The van der Waals surface area contributed by atoms with E-state index in [9.17, 15) is 9.59 Å². The van der Waals surface area contributed by atoms with Crippen molar-refractivity contribution in [1.82, 2.24) is 0 Å². The summed E-state index contributed by atoms with van der Waals surface area (Å²) in [6.45, 7) is 10.3. The molecule has 1 atom stereocenters. The summed E-state index contributed by atoms with van der Waals surface area (Å²) in [6, 6.07) is 0. The normalized spacial score (nSPS) is 11.9. The number of esters is 2. The summed E-state index contributed by atoms with van der Waals surface area (Å²) in [5.74, 6) is -0.188. The second kappa shape index (κ2) is 10.5. The molecule has 4 heteroatoms. The highest BCUT2D eigenvalue weighted by atomic mass is 16.5. The number of hydrogen-bond donors (Lipinski definition) is 0. The third-order valence-corrected chi connectivity index (χ3v) is 2.93. The molecule has 0 radical (unpaired) electrons. The molecule has 0 aliphatic heterocycles. The average Bonchev–Trinajstić information content (AvgIpc) is 2.35. The van der Waals surface area contributed by atoms with Crippen molar-refractivity contribution in [3.05, 3.63) is 11.6 Å². The van der Waals surface area contributed by atoms with E-state index in [1.165, 1.54) is 0 Å². The van der Waals surface area contributed by atoms with Crippen LogP contribution < -0.4 is 0 Å². The molecule has 0 fully saturated rings. The molecule has 0 saturated heterocycles. The Kier molecular flexibility index (Phi) is 9.77. The first-order valence-electron chi connectivity index (χ1n) is 7.35. The van der Waals surface area contributed by atoms with Crippen LogP contribution in [0.2, 0.25) is 0 Å². The van der Waals surface area contributed by atoms with Crippen LogP contribution in [0.1, 0.15) is 60.3 Å². The quantitative estimate of drug-likeness (QED) is 0.479. The number of rotatable bonds is 9. The van der Waals surface area contributed by atoms with Gasteiger partial charge in [-0.25, -0.2) is 0 Å². The molecule has 0 spiro atoms. The van der Waals surface area contributed by atoms with Crippen LogP contribution >= 0.6 is 0 Å². The number of ether oxygens (including phenoxy) is 2. The molecule has 0 amide bonds. The summed E-state index contributed by atoms with van der Waals surface area (Å²) in [5.41, 5.74) is 1.11. The largest absolute Gasteiger partial charge is 0.462 e. The fourth-order valence-electron chi connectivity index (χ4n) is 1.67. The molecule has 0 bridgehead atoms. The summed E-state index contributed by atoms with van der Waals surface area (Å²) in [5, 5.41) is 0. The molecular weight excluding hydrogens is 256 g/mol. The zero-order valence-electron chi connectivity index (χ0n) is 13.4. The number of allylic oxidation sites excluding steroid dienone is 1. The smallest absolute Gasteiger partial charge is 0.306 e. The molecule has 0 aromatic carbocycles.